The Balaban J connectivity index is 1.45. The monoisotopic (exact) mass is 453 g/mol. The molecule has 174 valence electrons. The number of hydrogen-bond donors (Lipinski definition) is 1. The van der Waals surface area contributed by atoms with E-state index in [9.17, 15) is 9.90 Å². The molecular formula is C25H27NO7. The van der Waals surface area contributed by atoms with Crippen molar-refractivity contribution in [2.45, 2.75) is 62.9 Å². The highest BCUT2D eigenvalue weighted by atomic mass is 16.8. The van der Waals surface area contributed by atoms with Crippen molar-refractivity contribution in [3.05, 3.63) is 53.1 Å². The van der Waals surface area contributed by atoms with Crippen molar-refractivity contribution in [3.63, 3.8) is 0 Å². The molecule has 1 saturated carbocycles. The number of rotatable bonds is 3. The summed E-state index contributed by atoms with van der Waals surface area (Å²) in [5.41, 5.74) is 2.43. The molecule has 8 nitrogen and oxygen atoms in total. The maximum Gasteiger partial charge on any atom is 0.254 e. The average molecular weight is 453 g/mol. The van der Waals surface area contributed by atoms with Gasteiger partial charge >= 0.3 is 0 Å². The molecule has 0 unspecified atom stereocenters. The van der Waals surface area contributed by atoms with E-state index < -0.39 is 24.1 Å². The van der Waals surface area contributed by atoms with Crippen LogP contribution < -0.4 is 14.2 Å². The lowest BCUT2D eigenvalue weighted by atomic mass is 9.71. The minimum atomic E-state index is -0.838. The van der Waals surface area contributed by atoms with Crippen LogP contribution in [0.5, 0.6) is 17.2 Å². The van der Waals surface area contributed by atoms with Gasteiger partial charge < -0.3 is 33.7 Å². The van der Waals surface area contributed by atoms with Crippen LogP contribution in [0.4, 0.5) is 0 Å². The van der Waals surface area contributed by atoms with Gasteiger partial charge in [-0.1, -0.05) is 12.1 Å². The van der Waals surface area contributed by atoms with Gasteiger partial charge in [0.1, 0.15) is 18.0 Å². The predicted molar refractivity (Wildman–Crippen MR) is 116 cm³/mol. The summed E-state index contributed by atoms with van der Waals surface area (Å²) < 4.78 is 28.8. The molecule has 3 aliphatic heterocycles. The number of benzene rings is 2. The summed E-state index contributed by atoms with van der Waals surface area (Å²) in [5, 5.41) is 11.0. The lowest BCUT2D eigenvalue weighted by molar-refractivity contribution is -0.155. The number of carbonyl (C=O) groups is 1. The summed E-state index contributed by atoms with van der Waals surface area (Å²) in [7, 11) is 1.63. The maximum atomic E-state index is 13.9. The number of carbonyl (C=O) groups excluding carboxylic acids is 1. The van der Waals surface area contributed by atoms with Crippen molar-refractivity contribution in [1.29, 1.82) is 0 Å². The average Bonchev–Trinajstić information content (AvgIpc) is 3.39. The number of ether oxygens (including phenoxy) is 5. The highest BCUT2D eigenvalue weighted by Gasteiger charge is 2.58. The zero-order valence-electron chi connectivity index (χ0n) is 18.8. The molecule has 0 radical (unpaired) electrons. The van der Waals surface area contributed by atoms with Crippen molar-refractivity contribution in [2.75, 3.05) is 13.9 Å². The van der Waals surface area contributed by atoms with Gasteiger partial charge in [-0.15, -0.1) is 0 Å². The summed E-state index contributed by atoms with van der Waals surface area (Å²) in [5.74, 6) is 0.901. The maximum absolute atomic E-state index is 13.9. The second-order valence-corrected chi connectivity index (χ2v) is 9.54. The zero-order valence-corrected chi connectivity index (χ0v) is 18.8. The fraction of sp³-hybridized carbons (Fsp3) is 0.480. The summed E-state index contributed by atoms with van der Waals surface area (Å²) >= 11 is 0. The van der Waals surface area contributed by atoms with Crippen LogP contribution in [0.25, 0.3) is 0 Å². The van der Waals surface area contributed by atoms with Gasteiger partial charge in [-0.25, -0.2) is 0 Å². The number of nitrogens with zero attached hydrogens (tertiary/aromatic N) is 1. The standard InChI is InChI=1S/C25H27NO7/c1-25(2)32-22-18(27)8-16-15-9-19-20(31-12-30-19)10-17(15)24(28)26(21(16)23(22)33-25)11-13-4-6-14(29-3)7-5-13/h4-7,9-10,16,18,21-23,27H,8,11-12H2,1-3H3/t16-,18+,21-,22-,23+/m1/s1. The third-order valence-electron chi connectivity index (χ3n) is 7.09. The number of fused-ring (bicyclic) bond motifs is 6. The van der Waals surface area contributed by atoms with Crippen LogP contribution in [0.3, 0.4) is 0 Å². The van der Waals surface area contributed by atoms with Gasteiger partial charge in [0.05, 0.1) is 19.3 Å². The Kier molecular flexibility index (Phi) is 4.62. The number of amides is 1. The SMILES string of the molecule is COc1ccc(CN2C(=O)c3cc4c(cc3[C@H]3C[C@H](O)[C@H]5OC(C)(C)O[C@H]5[C@@H]32)OCO4)cc1. The molecule has 1 amide bonds. The first-order valence-corrected chi connectivity index (χ1v) is 11.3. The van der Waals surface area contributed by atoms with E-state index in [0.29, 0.717) is 30.0 Å². The lowest BCUT2D eigenvalue weighted by Crippen LogP contribution is -2.61. The molecule has 0 spiro atoms. The van der Waals surface area contributed by atoms with Crippen molar-refractivity contribution in [3.8, 4) is 17.2 Å². The van der Waals surface area contributed by atoms with Crippen molar-refractivity contribution in [1.82, 2.24) is 4.90 Å². The number of hydrogen-bond acceptors (Lipinski definition) is 7. The van der Waals surface area contributed by atoms with E-state index in [-0.39, 0.29) is 24.7 Å². The van der Waals surface area contributed by atoms with Crippen LogP contribution in [-0.4, -0.2) is 60.0 Å². The van der Waals surface area contributed by atoms with E-state index >= 15 is 0 Å². The van der Waals surface area contributed by atoms with Gasteiger partial charge in [-0.05, 0) is 55.7 Å². The predicted octanol–water partition coefficient (Wildman–Crippen LogP) is 2.82. The Morgan fingerprint density at radius 1 is 1.09 bits per heavy atom. The van der Waals surface area contributed by atoms with E-state index in [4.69, 9.17) is 23.7 Å². The minimum Gasteiger partial charge on any atom is -0.497 e. The highest BCUT2D eigenvalue weighted by molar-refractivity contribution is 5.98. The number of aliphatic hydroxyl groups is 1. The van der Waals surface area contributed by atoms with Crippen molar-refractivity contribution in [2.24, 2.45) is 0 Å². The van der Waals surface area contributed by atoms with Gasteiger partial charge in [-0.2, -0.15) is 0 Å². The molecule has 2 aromatic rings. The van der Waals surface area contributed by atoms with Crippen LogP contribution in [-0.2, 0) is 16.0 Å². The molecule has 5 atom stereocenters. The Morgan fingerprint density at radius 2 is 1.79 bits per heavy atom. The molecule has 8 heteroatoms. The van der Waals surface area contributed by atoms with Crippen LogP contribution in [0.2, 0.25) is 0 Å². The third-order valence-corrected chi connectivity index (χ3v) is 7.09. The third kappa shape index (κ3) is 3.27. The van der Waals surface area contributed by atoms with Crippen LogP contribution >= 0.6 is 0 Å². The van der Waals surface area contributed by atoms with Crippen LogP contribution in [0, 0.1) is 0 Å². The van der Waals surface area contributed by atoms with Crippen LogP contribution in [0.1, 0.15) is 47.7 Å². The summed E-state index contributed by atoms with van der Waals surface area (Å²) in [4.78, 5) is 15.7. The van der Waals surface area contributed by atoms with E-state index in [0.717, 1.165) is 16.9 Å². The lowest BCUT2D eigenvalue weighted by Gasteiger charge is -2.49. The Hall–Kier alpha value is -2.81. The Bertz CT molecular complexity index is 1100. The summed E-state index contributed by atoms with van der Waals surface area (Å²) in [6, 6.07) is 11.1. The van der Waals surface area contributed by atoms with Gasteiger partial charge in [0.25, 0.3) is 5.91 Å². The molecule has 6 rings (SSSR count). The first kappa shape index (κ1) is 20.8. The Labute approximate surface area is 191 Å². The molecule has 3 heterocycles. The summed E-state index contributed by atoms with van der Waals surface area (Å²) in [6.07, 6.45) is -1.19. The zero-order chi connectivity index (χ0) is 22.9. The van der Waals surface area contributed by atoms with Crippen LogP contribution in [0.15, 0.2) is 36.4 Å². The molecule has 1 N–H and O–H groups in total. The second-order valence-electron chi connectivity index (χ2n) is 9.54. The van der Waals surface area contributed by atoms with Gasteiger partial charge in [0, 0.05) is 18.0 Å². The summed E-state index contributed by atoms with van der Waals surface area (Å²) in [6.45, 7) is 4.23. The van der Waals surface area contributed by atoms with Gasteiger partial charge in [0.2, 0.25) is 6.79 Å². The molecule has 2 fully saturated rings. The van der Waals surface area contributed by atoms with E-state index in [2.05, 4.69) is 0 Å². The molecular weight excluding hydrogens is 426 g/mol. The normalized spacial score (nSPS) is 31.1. The largest absolute Gasteiger partial charge is 0.497 e. The molecule has 1 saturated heterocycles. The molecule has 4 aliphatic rings. The first-order valence-electron chi connectivity index (χ1n) is 11.3. The minimum absolute atomic E-state index is 0.0937. The molecule has 2 aromatic carbocycles. The van der Waals surface area contributed by atoms with Crippen molar-refractivity contribution < 1.29 is 33.6 Å². The Morgan fingerprint density at radius 3 is 2.52 bits per heavy atom. The molecule has 1 aliphatic carbocycles. The molecule has 0 bridgehead atoms. The van der Waals surface area contributed by atoms with Gasteiger partial charge in [0.15, 0.2) is 17.3 Å². The van der Waals surface area contributed by atoms with E-state index in [1.54, 1.807) is 13.2 Å². The smallest absolute Gasteiger partial charge is 0.254 e. The topological polar surface area (TPSA) is 86.7 Å². The first-order chi connectivity index (χ1) is 15.8. The van der Waals surface area contributed by atoms with E-state index in [1.807, 2.05) is 49.1 Å². The fourth-order valence-electron chi connectivity index (χ4n) is 5.69. The fourth-order valence-corrected chi connectivity index (χ4v) is 5.69. The number of aliphatic hydroxyl groups excluding tert-OH is 1. The highest BCUT2D eigenvalue weighted by Crippen LogP contribution is 2.50. The molecule has 0 aromatic heterocycles. The van der Waals surface area contributed by atoms with Crippen molar-refractivity contribution >= 4 is 5.91 Å². The van der Waals surface area contributed by atoms with E-state index in [1.165, 1.54) is 0 Å². The molecule has 33 heavy (non-hydrogen) atoms. The quantitative estimate of drug-likeness (QED) is 0.765. The number of methoxy groups -OCH3 is 1. The van der Waals surface area contributed by atoms with Gasteiger partial charge in [-0.3, -0.25) is 4.79 Å². The second kappa shape index (κ2) is 7.35.